The maximum Gasteiger partial charge on any atom is 0.410 e. The molecule has 156 valence electrons. The minimum atomic E-state index is -0.848. The highest BCUT2D eigenvalue weighted by atomic mass is 32.1. The van der Waals surface area contributed by atoms with Crippen molar-refractivity contribution in [3.05, 3.63) is 16.5 Å². The summed E-state index contributed by atoms with van der Waals surface area (Å²) in [5, 5.41) is 12.3. The van der Waals surface area contributed by atoms with E-state index in [2.05, 4.69) is 4.90 Å². The molecule has 3 rings (SSSR count). The SMILES string of the molecule is Cc1c(C(=O)O)csc1N1CCCCC1C1CCN(C(=O)OC(C)(C)C)CC1. The molecule has 1 unspecified atom stereocenters. The van der Waals surface area contributed by atoms with Crippen molar-refractivity contribution in [2.24, 2.45) is 5.92 Å². The van der Waals surface area contributed by atoms with Crippen molar-refractivity contribution in [1.29, 1.82) is 0 Å². The fourth-order valence-electron chi connectivity index (χ4n) is 4.39. The van der Waals surface area contributed by atoms with Crippen LogP contribution in [0, 0.1) is 12.8 Å². The third kappa shape index (κ3) is 4.62. The molecular formula is C21H32N2O4S. The van der Waals surface area contributed by atoms with E-state index < -0.39 is 11.6 Å². The molecule has 6 nitrogen and oxygen atoms in total. The number of ether oxygens (including phenoxy) is 1. The summed E-state index contributed by atoms with van der Waals surface area (Å²) in [6.07, 6.45) is 5.22. The number of rotatable bonds is 3. The van der Waals surface area contributed by atoms with Gasteiger partial charge in [-0.15, -0.1) is 11.3 Å². The standard InChI is InChI=1S/C21H32N2O4S/c1-14-16(19(24)25)13-28-18(14)23-10-6-5-7-17(23)15-8-11-22(12-9-15)20(26)27-21(2,3)4/h13,15,17H,5-12H2,1-4H3,(H,24,25). The van der Waals surface area contributed by atoms with Gasteiger partial charge in [0.2, 0.25) is 0 Å². The van der Waals surface area contributed by atoms with Gasteiger partial charge in [0.25, 0.3) is 0 Å². The lowest BCUT2D eigenvalue weighted by molar-refractivity contribution is 0.0170. The number of carboxylic acid groups (broad SMARTS) is 1. The average Bonchev–Trinajstić information content (AvgIpc) is 3.02. The van der Waals surface area contributed by atoms with Crippen LogP contribution in [0.3, 0.4) is 0 Å². The first-order valence-electron chi connectivity index (χ1n) is 10.2. The Hall–Kier alpha value is -1.76. The van der Waals surface area contributed by atoms with Crippen molar-refractivity contribution < 1.29 is 19.4 Å². The van der Waals surface area contributed by atoms with Gasteiger partial charge in [-0.1, -0.05) is 0 Å². The first kappa shape index (κ1) is 21.0. The van der Waals surface area contributed by atoms with E-state index in [9.17, 15) is 14.7 Å². The molecule has 0 radical (unpaired) electrons. The zero-order chi connectivity index (χ0) is 20.5. The summed E-state index contributed by atoms with van der Waals surface area (Å²) in [5.74, 6) is -0.326. The predicted molar refractivity (Wildman–Crippen MR) is 112 cm³/mol. The van der Waals surface area contributed by atoms with Gasteiger partial charge in [-0.25, -0.2) is 9.59 Å². The molecule has 0 aliphatic carbocycles. The Morgan fingerprint density at radius 3 is 2.39 bits per heavy atom. The number of hydrogen-bond acceptors (Lipinski definition) is 5. The molecule has 0 spiro atoms. The molecule has 2 fully saturated rings. The second-order valence-electron chi connectivity index (χ2n) is 8.95. The van der Waals surface area contributed by atoms with E-state index in [4.69, 9.17) is 4.74 Å². The predicted octanol–water partition coefficient (Wildman–Crippen LogP) is 4.76. The topological polar surface area (TPSA) is 70.1 Å². The first-order chi connectivity index (χ1) is 13.2. The van der Waals surface area contributed by atoms with Crippen LogP contribution in [-0.2, 0) is 4.74 Å². The maximum atomic E-state index is 12.3. The monoisotopic (exact) mass is 408 g/mol. The normalized spacial score (nSPS) is 21.6. The van der Waals surface area contributed by atoms with Gasteiger partial charge < -0.3 is 19.6 Å². The van der Waals surface area contributed by atoms with Crippen LogP contribution in [0.4, 0.5) is 9.80 Å². The summed E-state index contributed by atoms with van der Waals surface area (Å²) < 4.78 is 5.51. The minimum absolute atomic E-state index is 0.216. The number of aromatic carboxylic acids is 1. The summed E-state index contributed by atoms with van der Waals surface area (Å²) in [4.78, 5) is 28.0. The second-order valence-corrected chi connectivity index (χ2v) is 9.80. The third-order valence-corrected chi connectivity index (χ3v) is 6.91. The molecule has 1 N–H and O–H groups in total. The molecule has 0 aromatic carbocycles. The Labute approximate surface area is 171 Å². The Morgan fingerprint density at radius 1 is 1.14 bits per heavy atom. The van der Waals surface area contributed by atoms with Crippen LogP contribution in [0.1, 0.15) is 68.8 Å². The number of carbonyl (C=O) groups excluding carboxylic acids is 1. The number of nitrogens with zero attached hydrogens (tertiary/aromatic N) is 2. The lowest BCUT2D eigenvalue weighted by Crippen LogP contribution is -2.49. The van der Waals surface area contributed by atoms with Crippen LogP contribution < -0.4 is 4.90 Å². The van der Waals surface area contributed by atoms with E-state index in [0.717, 1.165) is 55.9 Å². The molecule has 2 saturated heterocycles. The molecule has 2 aliphatic rings. The third-order valence-electron chi connectivity index (χ3n) is 5.79. The van der Waals surface area contributed by atoms with Gasteiger partial charge in [0, 0.05) is 31.1 Å². The lowest BCUT2D eigenvalue weighted by atomic mass is 9.83. The average molecular weight is 409 g/mol. The van der Waals surface area contributed by atoms with Gasteiger partial charge in [-0.05, 0) is 71.3 Å². The Balaban J connectivity index is 1.67. The van der Waals surface area contributed by atoms with Crippen LogP contribution in [0.5, 0.6) is 0 Å². The van der Waals surface area contributed by atoms with E-state index in [1.54, 1.807) is 16.7 Å². The highest BCUT2D eigenvalue weighted by molar-refractivity contribution is 7.14. The molecule has 1 amide bonds. The summed E-state index contributed by atoms with van der Waals surface area (Å²) in [6, 6.07) is 0.425. The second kappa shape index (κ2) is 8.31. The smallest absolute Gasteiger partial charge is 0.410 e. The summed E-state index contributed by atoms with van der Waals surface area (Å²) >= 11 is 1.55. The van der Waals surface area contributed by atoms with Crippen LogP contribution in [0.25, 0.3) is 0 Å². The summed E-state index contributed by atoms with van der Waals surface area (Å²) in [7, 11) is 0. The Morgan fingerprint density at radius 2 is 1.82 bits per heavy atom. The fourth-order valence-corrected chi connectivity index (χ4v) is 5.55. The minimum Gasteiger partial charge on any atom is -0.478 e. The molecule has 0 saturated carbocycles. The molecule has 28 heavy (non-hydrogen) atoms. The van der Waals surface area contributed by atoms with Crippen molar-refractivity contribution in [1.82, 2.24) is 4.90 Å². The highest BCUT2D eigenvalue weighted by Crippen LogP contribution is 2.39. The number of thiophene rings is 1. The van der Waals surface area contributed by atoms with E-state index in [1.807, 2.05) is 32.6 Å². The van der Waals surface area contributed by atoms with E-state index in [0.29, 0.717) is 17.5 Å². The van der Waals surface area contributed by atoms with Crippen LogP contribution in [0.2, 0.25) is 0 Å². The van der Waals surface area contributed by atoms with Gasteiger partial charge in [0.1, 0.15) is 5.60 Å². The quantitative estimate of drug-likeness (QED) is 0.781. The molecule has 3 heterocycles. The van der Waals surface area contributed by atoms with Gasteiger partial charge in [0.05, 0.1) is 10.6 Å². The molecule has 2 aliphatic heterocycles. The largest absolute Gasteiger partial charge is 0.478 e. The van der Waals surface area contributed by atoms with Crippen molar-refractivity contribution in [2.45, 2.75) is 71.4 Å². The number of carbonyl (C=O) groups is 2. The van der Waals surface area contributed by atoms with Crippen LogP contribution in [-0.4, -0.2) is 53.3 Å². The lowest BCUT2D eigenvalue weighted by Gasteiger charge is -2.44. The van der Waals surface area contributed by atoms with Crippen molar-refractivity contribution >= 4 is 28.4 Å². The van der Waals surface area contributed by atoms with E-state index in [-0.39, 0.29) is 6.09 Å². The molecule has 0 bridgehead atoms. The zero-order valence-corrected chi connectivity index (χ0v) is 18.2. The summed E-state index contributed by atoms with van der Waals surface area (Å²) in [5.41, 5.74) is 0.840. The molecule has 1 aromatic heterocycles. The highest BCUT2D eigenvalue weighted by Gasteiger charge is 2.36. The van der Waals surface area contributed by atoms with Crippen molar-refractivity contribution in [3.8, 4) is 0 Å². The van der Waals surface area contributed by atoms with Gasteiger partial charge in [-0.2, -0.15) is 0 Å². The zero-order valence-electron chi connectivity index (χ0n) is 17.4. The van der Waals surface area contributed by atoms with E-state index in [1.165, 1.54) is 6.42 Å². The number of anilines is 1. The molecular weight excluding hydrogens is 376 g/mol. The van der Waals surface area contributed by atoms with Crippen molar-refractivity contribution in [2.75, 3.05) is 24.5 Å². The maximum absolute atomic E-state index is 12.3. The summed E-state index contributed by atoms with van der Waals surface area (Å²) in [6.45, 7) is 10.1. The van der Waals surface area contributed by atoms with Crippen LogP contribution in [0.15, 0.2) is 5.38 Å². The Bertz CT molecular complexity index is 716. The van der Waals surface area contributed by atoms with Crippen molar-refractivity contribution in [3.63, 3.8) is 0 Å². The molecule has 1 atom stereocenters. The van der Waals surface area contributed by atoms with Gasteiger partial charge in [-0.3, -0.25) is 0 Å². The number of likely N-dealkylation sites (tertiary alicyclic amines) is 1. The molecule has 1 aromatic rings. The fraction of sp³-hybridized carbons (Fsp3) is 0.714. The van der Waals surface area contributed by atoms with E-state index >= 15 is 0 Å². The number of carboxylic acids is 1. The van der Waals surface area contributed by atoms with Gasteiger partial charge in [0.15, 0.2) is 0 Å². The number of piperidine rings is 2. The van der Waals surface area contributed by atoms with Crippen LogP contribution >= 0.6 is 11.3 Å². The first-order valence-corrected chi connectivity index (χ1v) is 11.1. The number of amides is 1. The Kier molecular flexibility index (Phi) is 6.22. The van der Waals surface area contributed by atoms with Gasteiger partial charge >= 0.3 is 12.1 Å². The number of hydrogen-bond donors (Lipinski definition) is 1. The molecule has 7 heteroatoms.